The smallest absolute Gasteiger partial charge is 0.387 e. The molecule has 2 aromatic heterocycles. The standard InChI is InChI=1S/C23H22F4N4O3S/c1-13(10-24)30-35(32,33)15-6-7-19(29-12-15)22-17(11-28)16-8-18(25)21(34-23(26)27)9-20(16)31(22)14-4-2-3-5-14/h6-9,12-14,23,30H,2-5,10H2,1H3/t13-/m0/s1. The van der Waals surface area contributed by atoms with Gasteiger partial charge >= 0.3 is 6.61 Å². The Kier molecular flexibility index (Phi) is 7.00. The maximum absolute atomic E-state index is 14.5. The van der Waals surface area contributed by atoms with E-state index in [1.807, 2.05) is 0 Å². The lowest BCUT2D eigenvalue weighted by Gasteiger charge is -2.18. The largest absolute Gasteiger partial charge is 0.432 e. The summed E-state index contributed by atoms with van der Waals surface area (Å²) in [6, 6.07) is 5.86. The number of nitriles is 1. The van der Waals surface area contributed by atoms with Crippen molar-refractivity contribution in [2.24, 2.45) is 0 Å². The summed E-state index contributed by atoms with van der Waals surface area (Å²) < 4.78 is 86.2. The molecule has 12 heteroatoms. The van der Waals surface area contributed by atoms with E-state index in [1.165, 1.54) is 19.1 Å². The van der Waals surface area contributed by atoms with Crippen LogP contribution in [0.2, 0.25) is 0 Å². The Labute approximate surface area is 199 Å². The third kappa shape index (κ3) is 4.83. The average Bonchev–Trinajstić information content (AvgIpc) is 3.44. The van der Waals surface area contributed by atoms with Gasteiger partial charge in [-0.3, -0.25) is 4.98 Å². The van der Waals surface area contributed by atoms with Gasteiger partial charge in [-0.05, 0) is 38.0 Å². The second-order valence-electron chi connectivity index (χ2n) is 8.38. The van der Waals surface area contributed by atoms with Crippen LogP contribution in [0.3, 0.4) is 0 Å². The van der Waals surface area contributed by atoms with Gasteiger partial charge in [-0.25, -0.2) is 21.9 Å². The molecule has 3 aromatic rings. The predicted molar refractivity (Wildman–Crippen MR) is 120 cm³/mol. The number of halogens is 4. The molecule has 7 nitrogen and oxygen atoms in total. The first-order valence-electron chi connectivity index (χ1n) is 10.9. The fourth-order valence-corrected chi connectivity index (χ4v) is 5.61. The zero-order valence-electron chi connectivity index (χ0n) is 18.6. The number of rotatable bonds is 8. The zero-order valence-corrected chi connectivity index (χ0v) is 19.5. The van der Waals surface area contributed by atoms with Crippen LogP contribution in [0.15, 0.2) is 35.4 Å². The molecule has 35 heavy (non-hydrogen) atoms. The third-order valence-corrected chi connectivity index (χ3v) is 7.53. The summed E-state index contributed by atoms with van der Waals surface area (Å²) in [7, 11) is -4.02. The van der Waals surface area contributed by atoms with E-state index in [9.17, 15) is 31.2 Å². The number of sulfonamides is 1. The van der Waals surface area contributed by atoms with Gasteiger partial charge in [0.25, 0.3) is 0 Å². The van der Waals surface area contributed by atoms with Gasteiger partial charge in [0, 0.05) is 29.7 Å². The van der Waals surface area contributed by atoms with Gasteiger partial charge in [-0.15, -0.1) is 0 Å². The van der Waals surface area contributed by atoms with Crippen molar-refractivity contribution in [3.63, 3.8) is 0 Å². The van der Waals surface area contributed by atoms with Crippen LogP contribution < -0.4 is 9.46 Å². The molecule has 0 aliphatic heterocycles. The summed E-state index contributed by atoms with van der Waals surface area (Å²) >= 11 is 0. The van der Waals surface area contributed by atoms with Crippen LogP contribution in [0.25, 0.3) is 22.3 Å². The molecule has 1 saturated carbocycles. The van der Waals surface area contributed by atoms with Gasteiger partial charge in [0.1, 0.15) is 17.6 Å². The van der Waals surface area contributed by atoms with Crippen molar-refractivity contribution in [2.45, 2.75) is 56.2 Å². The topological polar surface area (TPSA) is 97.0 Å². The van der Waals surface area contributed by atoms with Crippen LogP contribution in [-0.2, 0) is 10.0 Å². The average molecular weight is 511 g/mol. The van der Waals surface area contributed by atoms with Gasteiger partial charge in [-0.1, -0.05) is 12.8 Å². The number of pyridine rings is 1. The molecular formula is C23H22F4N4O3S. The van der Waals surface area contributed by atoms with Gasteiger partial charge in [0.15, 0.2) is 11.6 Å². The highest BCUT2D eigenvalue weighted by atomic mass is 32.2. The van der Waals surface area contributed by atoms with Crippen LogP contribution in [0.4, 0.5) is 17.6 Å². The minimum Gasteiger partial charge on any atom is -0.432 e. The number of nitrogens with zero attached hydrogens (tertiary/aromatic N) is 3. The van der Waals surface area contributed by atoms with Crippen molar-refractivity contribution in [1.29, 1.82) is 5.26 Å². The number of aromatic nitrogens is 2. The molecule has 0 saturated heterocycles. The summed E-state index contributed by atoms with van der Waals surface area (Å²) in [5.74, 6) is -1.67. The van der Waals surface area contributed by atoms with E-state index >= 15 is 0 Å². The molecule has 1 N–H and O–H groups in total. The van der Waals surface area contributed by atoms with E-state index < -0.39 is 40.9 Å². The minimum absolute atomic E-state index is 0.0849. The maximum Gasteiger partial charge on any atom is 0.387 e. The van der Waals surface area contributed by atoms with Crippen molar-refractivity contribution >= 4 is 20.9 Å². The first-order chi connectivity index (χ1) is 16.7. The number of ether oxygens (including phenoxy) is 1. The number of fused-ring (bicyclic) bond motifs is 1. The van der Waals surface area contributed by atoms with Crippen molar-refractivity contribution in [3.8, 4) is 23.2 Å². The SMILES string of the molecule is C[C@@H](CF)NS(=O)(=O)c1ccc(-c2c(C#N)c3cc(F)c(OC(F)F)cc3n2C2CCCC2)nc1. The molecule has 1 aliphatic carbocycles. The minimum atomic E-state index is -4.02. The predicted octanol–water partition coefficient (Wildman–Crippen LogP) is 5.07. The summed E-state index contributed by atoms with van der Waals surface area (Å²) in [5.41, 5.74) is 1.01. The van der Waals surface area contributed by atoms with Crippen molar-refractivity contribution in [2.75, 3.05) is 6.67 Å². The summed E-state index contributed by atoms with van der Waals surface area (Å²) in [5, 5.41) is 10.2. The lowest BCUT2D eigenvalue weighted by Crippen LogP contribution is -2.34. The fourth-order valence-electron chi connectivity index (χ4n) is 4.45. The lowest BCUT2D eigenvalue weighted by molar-refractivity contribution is -0.0521. The Hall–Kier alpha value is -3.17. The van der Waals surface area contributed by atoms with Gasteiger partial charge < -0.3 is 9.30 Å². The van der Waals surface area contributed by atoms with Gasteiger partial charge in [0.05, 0.1) is 22.5 Å². The number of hydrogen-bond donors (Lipinski definition) is 1. The molecule has 1 fully saturated rings. The molecule has 0 bridgehead atoms. The normalized spacial score (nSPS) is 15.6. The molecule has 0 radical (unpaired) electrons. The molecular weight excluding hydrogens is 488 g/mol. The van der Waals surface area contributed by atoms with Crippen molar-refractivity contribution in [1.82, 2.24) is 14.3 Å². The Bertz CT molecular complexity index is 1380. The second kappa shape index (κ2) is 9.83. The molecule has 0 unspecified atom stereocenters. The monoisotopic (exact) mass is 510 g/mol. The lowest BCUT2D eigenvalue weighted by atomic mass is 10.1. The van der Waals surface area contributed by atoms with E-state index in [4.69, 9.17) is 0 Å². The molecule has 186 valence electrons. The Morgan fingerprint density at radius 2 is 2.00 bits per heavy atom. The molecule has 4 rings (SSSR count). The highest BCUT2D eigenvalue weighted by Crippen LogP contribution is 2.42. The number of benzene rings is 1. The summed E-state index contributed by atoms with van der Waals surface area (Å²) in [4.78, 5) is 4.06. The van der Waals surface area contributed by atoms with E-state index in [0.717, 1.165) is 44.0 Å². The summed E-state index contributed by atoms with van der Waals surface area (Å²) in [6.45, 7) is -2.73. The molecule has 1 aromatic carbocycles. The first-order valence-corrected chi connectivity index (χ1v) is 12.4. The molecule has 0 amide bonds. The van der Waals surface area contributed by atoms with E-state index in [2.05, 4.69) is 20.5 Å². The summed E-state index contributed by atoms with van der Waals surface area (Å²) in [6.07, 6.45) is 4.42. The van der Waals surface area contributed by atoms with Crippen molar-refractivity contribution in [3.05, 3.63) is 41.8 Å². The van der Waals surface area contributed by atoms with Crippen LogP contribution in [-0.4, -0.2) is 37.3 Å². The zero-order chi connectivity index (χ0) is 25.3. The van der Waals surface area contributed by atoms with Crippen LogP contribution in [0.1, 0.15) is 44.2 Å². The van der Waals surface area contributed by atoms with E-state index in [1.54, 1.807) is 4.57 Å². The Morgan fingerprint density at radius 3 is 2.57 bits per heavy atom. The van der Waals surface area contributed by atoms with Crippen LogP contribution >= 0.6 is 0 Å². The number of alkyl halides is 3. The molecule has 1 atom stereocenters. The van der Waals surface area contributed by atoms with Crippen molar-refractivity contribution < 1.29 is 30.7 Å². The first kappa shape index (κ1) is 24.9. The fraction of sp³-hybridized carbons (Fsp3) is 0.391. The van der Waals surface area contributed by atoms with E-state index in [-0.39, 0.29) is 27.6 Å². The Balaban J connectivity index is 1.89. The van der Waals surface area contributed by atoms with Gasteiger partial charge in [0.2, 0.25) is 10.0 Å². The van der Waals surface area contributed by atoms with Gasteiger partial charge in [-0.2, -0.15) is 14.0 Å². The van der Waals surface area contributed by atoms with Crippen LogP contribution in [0, 0.1) is 17.1 Å². The quantitative estimate of drug-likeness (QED) is 0.427. The highest BCUT2D eigenvalue weighted by molar-refractivity contribution is 7.89. The van der Waals surface area contributed by atoms with E-state index in [0.29, 0.717) is 11.2 Å². The number of hydrogen-bond acceptors (Lipinski definition) is 5. The third-order valence-electron chi connectivity index (χ3n) is 5.95. The highest BCUT2D eigenvalue weighted by Gasteiger charge is 2.29. The number of nitrogens with one attached hydrogen (secondary N) is 1. The molecule has 1 aliphatic rings. The Morgan fingerprint density at radius 1 is 1.29 bits per heavy atom. The van der Waals surface area contributed by atoms with Crippen LogP contribution in [0.5, 0.6) is 5.75 Å². The maximum atomic E-state index is 14.5. The molecule has 0 spiro atoms. The second-order valence-corrected chi connectivity index (χ2v) is 10.1. The molecule has 2 heterocycles.